The number of aryl methyl sites for hydroxylation is 1. The third kappa shape index (κ3) is 6.38. The molecule has 3 rings (SSSR count). The number of benzene rings is 2. The second-order valence-corrected chi connectivity index (χ2v) is 7.16. The van der Waals surface area contributed by atoms with Gasteiger partial charge in [0, 0.05) is 44.7 Å². The van der Waals surface area contributed by atoms with E-state index in [0.717, 1.165) is 36.5 Å². The van der Waals surface area contributed by atoms with Crippen LogP contribution in [-0.4, -0.2) is 55.4 Å². The Hall–Kier alpha value is -2.74. The number of amides is 1. The summed E-state index contributed by atoms with van der Waals surface area (Å²) in [4.78, 5) is 16.6. The normalized spacial score (nSPS) is 15.1. The summed E-state index contributed by atoms with van der Waals surface area (Å²) in [6.45, 7) is 3.66. The highest BCUT2D eigenvalue weighted by molar-refractivity contribution is 5.76. The van der Waals surface area contributed by atoms with Crippen LogP contribution in [0.3, 0.4) is 0 Å². The maximum absolute atomic E-state index is 12.5. The van der Waals surface area contributed by atoms with Gasteiger partial charge in [0.15, 0.2) is 0 Å². The van der Waals surface area contributed by atoms with Gasteiger partial charge in [-0.2, -0.15) is 0 Å². The molecule has 5 nitrogen and oxygen atoms in total. The zero-order chi connectivity index (χ0) is 21.6. The maximum atomic E-state index is 12.5. The Labute approximate surface area is 174 Å². The standard InChI is InChI=1S/C22H25F3N2O3/c1-29-20-5-3-2-4-18(20)16-26-12-14-27(15-13-26)21(28)11-8-17-6-9-19(10-7-17)30-22(23,24)25/h2-7,9-10H,8,11-16H2,1H3. The first-order valence-corrected chi connectivity index (χ1v) is 9.81. The van der Waals surface area contributed by atoms with Crippen LogP contribution in [0.15, 0.2) is 48.5 Å². The topological polar surface area (TPSA) is 42.0 Å². The molecule has 1 amide bonds. The van der Waals surface area contributed by atoms with Gasteiger partial charge in [-0.15, -0.1) is 13.2 Å². The molecular formula is C22H25F3N2O3. The number of halogens is 3. The summed E-state index contributed by atoms with van der Waals surface area (Å²) < 4.78 is 45.9. The van der Waals surface area contributed by atoms with Gasteiger partial charge in [0.2, 0.25) is 5.91 Å². The van der Waals surface area contributed by atoms with Crippen molar-refractivity contribution >= 4 is 5.91 Å². The number of alkyl halides is 3. The molecular weight excluding hydrogens is 397 g/mol. The Kier molecular flexibility index (Phi) is 7.20. The molecule has 162 valence electrons. The predicted molar refractivity (Wildman–Crippen MR) is 106 cm³/mol. The van der Waals surface area contributed by atoms with Crippen molar-refractivity contribution < 1.29 is 27.4 Å². The number of nitrogens with zero attached hydrogens (tertiary/aromatic N) is 2. The van der Waals surface area contributed by atoms with Crippen LogP contribution < -0.4 is 9.47 Å². The summed E-state index contributed by atoms with van der Waals surface area (Å²) in [6, 6.07) is 13.6. The smallest absolute Gasteiger partial charge is 0.496 e. The SMILES string of the molecule is COc1ccccc1CN1CCN(C(=O)CCc2ccc(OC(F)(F)F)cc2)CC1. The summed E-state index contributed by atoms with van der Waals surface area (Å²) in [5.74, 6) is 0.661. The van der Waals surface area contributed by atoms with Gasteiger partial charge in [0.25, 0.3) is 0 Å². The molecule has 0 spiro atoms. The fraction of sp³-hybridized carbons (Fsp3) is 0.409. The number of hydrogen-bond donors (Lipinski definition) is 0. The van der Waals surface area contributed by atoms with Crippen LogP contribution in [-0.2, 0) is 17.8 Å². The van der Waals surface area contributed by atoms with Crippen LogP contribution in [0.2, 0.25) is 0 Å². The van der Waals surface area contributed by atoms with Crippen LogP contribution in [0.4, 0.5) is 13.2 Å². The number of para-hydroxylation sites is 1. The van der Waals surface area contributed by atoms with Crippen molar-refractivity contribution in [3.63, 3.8) is 0 Å². The average molecular weight is 422 g/mol. The molecule has 1 heterocycles. The number of ether oxygens (including phenoxy) is 2. The third-order valence-corrected chi connectivity index (χ3v) is 5.10. The molecule has 0 saturated carbocycles. The van der Waals surface area contributed by atoms with Gasteiger partial charge >= 0.3 is 6.36 Å². The Morgan fingerprint density at radius 3 is 2.30 bits per heavy atom. The van der Waals surface area contributed by atoms with E-state index in [2.05, 4.69) is 9.64 Å². The Balaban J connectivity index is 1.43. The van der Waals surface area contributed by atoms with E-state index in [1.54, 1.807) is 19.2 Å². The molecule has 1 aliphatic heterocycles. The first-order valence-electron chi connectivity index (χ1n) is 9.81. The molecule has 0 unspecified atom stereocenters. The van der Waals surface area contributed by atoms with Gasteiger partial charge in [0.1, 0.15) is 11.5 Å². The number of piperazine rings is 1. The van der Waals surface area contributed by atoms with Crippen LogP contribution in [0.5, 0.6) is 11.5 Å². The predicted octanol–water partition coefficient (Wildman–Crippen LogP) is 3.87. The van der Waals surface area contributed by atoms with Crippen molar-refractivity contribution in [1.29, 1.82) is 0 Å². The van der Waals surface area contributed by atoms with Crippen molar-refractivity contribution in [2.45, 2.75) is 25.7 Å². The quantitative estimate of drug-likeness (QED) is 0.680. The lowest BCUT2D eigenvalue weighted by atomic mass is 10.1. The molecule has 30 heavy (non-hydrogen) atoms. The van der Waals surface area contributed by atoms with E-state index in [9.17, 15) is 18.0 Å². The molecule has 0 N–H and O–H groups in total. The Morgan fingerprint density at radius 2 is 1.67 bits per heavy atom. The Morgan fingerprint density at radius 1 is 1.00 bits per heavy atom. The lowest BCUT2D eigenvalue weighted by molar-refractivity contribution is -0.274. The molecule has 0 aliphatic carbocycles. The van der Waals surface area contributed by atoms with Crippen LogP contribution >= 0.6 is 0 Å². The maximum Gasteiger partial charge on any atom is 0.573 e. The number of carbonyl (C=O) groups is 1. The van der Waals surface area contributed by atoms with Gasteiger partial charge in [-0.25, -0.2) is 0 Å². The summed E-state index contributed by atoms with van der Waals surface area (Å²) in [5.41, 5.74) is 1.92. The lowest BCUT2D eigenvalue weighted by Gasteiger charge is -2.35. The summed E-state index contributed by atoms with van der Waals surface area (Å²) >= 11 is 0. The molecule has 1 saturated heterocycles. The van der Waals surface area contributed by atoms with Crippen LogP contribution in [0, 0.1) is 0 Å². The largest absolute Gasteiger partial charge is 0.573 e. The van der Waals surface area contributed by atoms with E-state index >= 15 is 0 Å². The average Bonchev–Trinajstić information content (AvgIpc) is 2.73. The molecule has 0 bridgehead atoms. The Bertz CT molecular complexity index is 832. The van der Waals surface area contributed by atoms with Crippen LogP contribution in [0.1, 0.15) is 17.5 Å². The summed E-state index contributed by atoms with van der Waals surface area (Å²) in [5, 5.41) is 0. The molecule has 0 aromatic heterocycles. The second kappa shape index (κ2) is 9.84. The minimum atomic E-state index is -4.70. The first kappa shape index (κ1) is 22.0. The number of rotatable bonds is 7. The van der Waals surface area contributed by atoms with Gasteiger partial charge in [-0.05, 0) is 30.2 Å². The highest BCUT2D eigenvalue weighted by atomic mass is 19.4. The minimum Gasteiger partial charge on any atom is -0.496 e. The highest BCUT2D eigenvalue weighted by Crippen LogP contribution is 2.23. The number of hydrogen-bond acceptors (Lipinski definition) is 4. The van der Waals surface area contributed by atoms with E-state index in [-0.39, 0.29) is 11.7 Å². The minimum absolute atomic E-state index is 0.0579. The molecule has 2 aromatic rings. The van der Waals surface area contributed by atoms with Crippen molar-refractivity contribution in [2.24, 2.45) is 0 Å². The molecule has 0 atom stereocenters. The number of methoxy groups -OCH3 is 1. The highest BCUT2D eigenvalue weighted by Gasteiger charge is 2.31. The van der Waals surface area contributed by atoms with Crippen molar-refractivity contribution in [1.82, 2.24) is 9.80 Å². The van der Waals surface area contributed by atoms with Gasteiger partial charge < -0.3 is 14.4 Å². The monoisotopic (exact) mass is 422 g/mol. The van der Waals surface area contributed by atoms with Crippen LogP contribution in [0.25, 0.3) is 0 Å². The molecule has 1 aliphatic rings. The van der Waals surface area contributed by atoms with E-state index in [1.165, 1.54) is 12.1 Å². The molecule has 2 aromatic carbocycles. The number of carbonyl (C=O) groups excluding carboxylic acids is 1. The lowest BCUT2D eigenvalue weighted by Crippen LogP contribution is -2.48. The molecule has 8 heteroatoms. The van der Waals surface area contributed by atoms with E-state index in [1.807, 2.05) is 29.2 Å². The van der Waals surface area contributed by atoms with E-state index in [4.69, 9.17) is 4.74 Å². The van der Waals surface area contributed by atoms with Gasteiger partial charge in [0.05, 0.1) is 7.11 Å². The molecule has 0 radical (unpaired) electrons. The fourth-order valence-corrected chi connectivity index (χ4v) is 3.50. The van der Waals surface area contributed by atoms with E-state index < -0.39 is 6.36 Å². The fourth-order valence-electron chi connectivity index (χ4n) is 3.50. The van der Waals surface area contributed by atoms with Crippen molar-refractivity contribution in [2.75, 3.05) is 33.3 Å². The van der Waals surface area contributed by atoms with Gasteiger partial charge in [-0.1, -0.05) is 30.3 Å². The second-order valence-electron chi connectivity index (χ2n) is 7.16. The summed E-state index contributed by atoms with van der Waals surface area (Å²) in [7, 11) is 1.66. The summed E-state index contributed by atoms with van der Waals surface area (Å²) in [6.07, 6.45) is -3.90. The zero-order valence-corrected chi connectivity index (χ0v) is 16.8. The van der Waals surface area contributed by atoms with Crippen molar-refractivity contribution in [3.8, 4) is 11.5 Å². The van der Waals surface area contributed by atoms with Gasteiger partial charge in [-0.3, -0.25) is 9.69 Å². The zero-order valence-electron chi connectivity index (χ0n) is 16.8. The molecule has 1 fully saturated rings. The first-order chi connectivity index (χ1) is 14.3. The third-order valence-electron chi connectivity index (χ3n) is 5.10. The van der Waals surface area contributed by atoms with Crippen molar-refractivity contribution in [3.05, 3.63) is 59.7 Å². The van der Waals surface area contributed by atoms with E-state index in [0.29, 0.717) is 25.9 Å².